The second kappa shape index (κ2) is 7.14. The summed E-state index contributed by atoms with van der Waals surface area (Å²) in [5.41, 5.74) is 0.340. The van der Waals surface area contributed by atoms with Gasteiger partial charge < -0.3 is 10.0 Å². The highest BCUT2D eigenvalue weighted by Crippen LogP contribution is 2.24. The average Bonchev–Trinajstić information content (AvgIpc) is 2.32. The zero-order chi connectivity index (χ0) is 13.7. The molecule has 0 aromatic heterocycles. The fourth-order valence-corrected chi connectivity index (χ4v) is 2.27. The predicted octanol–water partition coefficient (Wildman–Crippen LogP) is 3.79. The Morgan fingerprint density at radius 3 is 2.67 bits per heavy atom. The molecule has 0 radical (unpaired) electrons. The zero-order valence-electron chi connectivity index (χ0n) is 10.5. The molecule has 1 rings (SSSR count). The summed E-state index contributed by atoms with van der Waals surface area (Å²) in [4.78, 5) is 14.2. The zero-order valence-corrected chi connectivity index (χ0v) is 13.7. The molecule has 1 aromatic rings. The molecule has 0 saturated heterocycles. The lowest BCUT2D eigenvalue weighted by Crippen LogP contribution is -2.37. The van der Waals surface area contributed by atoms with Gasteiger partial charge in [-0.3, -0.25) is 4.79 Å². The molecule has 0 aliphatic rings. The molecule has 0 fully saturated rings. The van der Waals surface area contributed by atoms with E-state index in [1.54, 1.807) is 17.0 Å². The van der Waals surface area contributed by atoms with Gasteiger partial charge in [0.2, 0.25) is 0 Å². The van der Waals surface area contributed by atoms with Crippen LogP contribution < -0.4 is 0 Å². The van der Waals surface area contributed by atoms with Crippen molar-refractivity contribution < 1.29 is 9.90 Å². The number of amides is 1. The van der Waals surface area contributed by atoms with E-state index in [4.69, 9.17) is 0 Å². The maximum Gasteiger partial charge on any atom is 0.257 e. The Hall–Kier alpha value is -0.550. The van der Waals surface area contributed by atoms with Crippen molar-refractivity contribution in [2.75, 3.05) is 11.9 Å². The van der Waals surface area contributed by atoms with Gasteiger partial charge in [0, 0.05) is 22.4 Å². The monoisotopic (exact) mass is 377 g/mol. The summed E-state index contributed by atoms with van der Waals surface area (Å²) in [5, 5.41) is 10.6. The molecule has 0 atom stereocenters. The van der Waals surface area contributed by atoms with Gasteiger partial charge in [-0.1, -0.05) is 31.9 Å². The summed E-state index contributed by atoms with van der Waals surface area (Å²) < 4.78 is 0.785. The normalized spacial score (nSPS) is 10.7. The number of carbonyl (C=O) groups excluding carboxylic acids is 1. The van der Waals surface area contributed by atoms with Gasteiger partial charge in [0.1, 0.15) is 5.75 Å². The minimum absolute atomic E-state index is 0.0210. The fourth-order valence-electron chi connectivity index (χ4n) is 1.66. The highest BCUT2D eigenvalue weighted by atomic mass is 79.9. The molecule has 100 valence electrons. The van der Waals surface area contributed by atoms with Crippen LogP contribution in [-0.4, -0.2) is 33.8 Å². The third-order valence-corrected chi connectivity index (χ3v) is 3.66. The number of carbonyl (C=O) groups is 1. The van der Waals surface area contributed by atoms with Gasteiger partial charge in [-0.15, -0.1) is 0 Å². The third kappa shape index (κ3) is 3.99. The maximum absolute atomic E-state index is 12.4. The van der Waals surface area contributed by atoms with E-state index in [0.29, 0.717) is 12.1 Å². The number of phenolic OH excluding ortho intramolecular Hbond substituents is 1. The summed E-state index contributed by atoms with van der Waals surface area (Å²) in [6.07, 6.45) is 0.888. The van der Waals surface area contributed by atoms with Gasteiger partial charge in [0.25, 0.3) is 5.91 Å². The van der Waals surface area contributed by atoms with Gasteiger partial charge >= 0.3 is 0 Å². The van der Waals surface area contributed by atoms with Crippen LogP contribution >= 0.6 is 31.9 Å². The third-order valence-electron chi connectivity index (χ3n) is 2.61. The molecule has 0 spiro atoms. The SMILES string of the molecule is CC(C)N(CCCBr)C(=O)c1cc(Br)ccc1O. The van der Waals surface area contributed by atoms with Crippen LogP contribution in [0.3, 0.4) is 0 Å². The number of rotatable bonds is 5. The number of aromatic hydroxyl groups is 1. The van der Waals surface area contributed by atoms with Gasteiger partial charge in [-0.25, -0.2) is 0 Å². The summed E-state index contributed by atoms with van der Waals surface area (Å²) in [6.45, 7) is 4.62. The highest BCUT2D eigenvalue weighted by molar-refractivity contribution is 9.10. The lowest BCUT2D eigenvalue weighted by Gasteiger charge is -2.27. The van der Waals surface area contributed by atoms with Crippen LogP contribution in [0.4, 0.5) is 0 Å². The van der Waals surface area contributed by atoms with E-state index in [2.05, 4.69) is 31.9 Å². The van der Waals surface area contributed by atoms with Gasteiger partial charge in [-0.2, -0.15) is 0 Å². The van der Waals surface area contributed by atoms with Gasteiger partial charge in [0.05, 0.1) is 5.56 Å². The molecule has 0 aliphatic carbocycles. The molecule has 0 saturated carbocycles. The van der Waals surface area contributed by atoms with E-state index in [9.17, 15) is 9.90 Å². The molecule has 1 N–H and O–H groups in total. The first-order chi connectivity index (χ1) is 8.47. The molecule has 3 nitrogen and oxygen atoms in total. The molecule has 1 amide bonds. The van der Waals surface area contributed by atoms with E-state index in [0.717, 1.165) is 16.2 Å². The first kappa shape index (κ1) is 15.5. The average molecular weight is 379 g/mol. The number of benzene rings is 1. The Morgan fingerprint density at radius 2 is 2.11 bits per heavy atom. The quantitative estimate of drug-likeness (QED) is 0.792. The Morgan fingerprint density at radius 1 is 1.44 bits per heavy atom. The summed E-state index contributed by atoms with van der Waals surface area (Å²) in [7, 11) is 0. The number of phenols is 1. The van der Waals surface area contributed by atoms with E-state index in [-0.39, 0.29) is 17.7 Å². The lowest BCUT2D eigenvalue weighted by molar-refractivity contribution is 0.0703. The molecule has 0 aliphatic heterocycles. The molecule has 0 bridgehead atoms. The maximum atomic E-state index is 12.4. The first-order valence-corrected chi connectivity index (χ1v) is 7.74. The van der Waals surface area contributed by atoms with Crippen molar-refractivity contribution >= 4 is 37.8 Å². The van der Waals surface area contributed by atoms with Crippen LogP contribution in [0.5, 0.6) is 5.75 Å². The highest BCUT2D eigenvalue weighted by Gasteiger charge is 2.21. The molecule has 5 heteroatoms. The molecule has 0 unspecified atom stereocenters. The second-order valence-electron chi connectivity index (χ2n) is 4.30. The van der Waals surface area contributed by atoms with Crippen LogP contribution in [0.1, 0.15) is 30.6 Å². The molecular formula is C13H17Br2NO2. The Kier molecular flexibility index (Phi) is 6.15. The van der Waals surface area contributed by atoms with Crippen LogP contribution in [-0.2, 0) is 0 Å². The van der Waals surface area contributed by atoms with Crippen LogP contribution in [0, 0.1) is 0 Å². The topological polar surface area (TPSA) is 40.5 Å². The van der Waals surface area contributed by atoms with E-state index < -0.39 is 0 Å². The molecule has 0 heterocycles. The number of alkyl halides is 1. The standard InChI is InChI=1S/C13H17Br2NO2/c1-9(2)16(7-3-6-14)13(18)11-8-10(15)4-5-12(11)17/h4-5,8-9,17H,3,6-7H2,1-2H3. The largest absolute Gasteiger partial charge is 0.507 e. The van der Waals surface area contributed by atoms with E-state index in [1.165, 1.54) is 6.07 Å². The van der Waals surface area contributed by atoms with Crippen molar-refractivity contribution in [3.05, 3.63) is 28.2 Å². The van der Waals surface area contributed by atoms with Crippen LogP contribution in [0.2, 0.25) is 0 Å². The minimum atomic E-state index is -0.134. The predicted molar refractivity (Wildman–Crippen MR) is 80.4 cm³/mol. The number of halogens is 2. The first-order valence-electron chi connectivity index (χ1n) is 5.82. The smallest absolute Gasteiger partial charge is 0.257 e. The van der Waals surface area contributed by atoms with E-state index in [1.807, 2.05) is 13.8 Å². The van der Waals surface area contributed by atoms with E-state index >= 15 is 0 Å². The summed E-state index contributed by atoms with van der Waals surface area (Å²) in [6, 6.07) is 5.00. The molecular weight excluding hydrogens is 362 g/mol. The van der Waals surface area contributed by atoms with Crippen molar-refractivity contribution in [2.45, 2.75) is 26.3 Å². The van der Waals surface area contributed by atoms with Crippen molar-refractivity contribution in [1.29, 1.82) is 0 Å². The molecule has 18 heavy (non-hydrogen) atoms. The second-order valence-corrected chi connectivity index (χ2v) is 6.00. The van der Waals surface area contributed by atoms with Crippen molar-refractivity contribution in [1.82, 2.24) is 4.90 Å². The van der Waals surface area contributed by atoms with Gasteiger partial charge in [-0.05, 0) is 38.5 Å². The van der Waals surface area contributed by atoms with Crippen LogP contribution in [0.25, 0.3) is 0 Å². The Balaban J connectivity index is 2.98. The minimum Gasteiger partial charge on any atom is -0.507 e. The number of hydrogen-bond acceptors (Lipinski definition) is 2. The van der Waals surface area contributed by atoms with Crippen LogP contribution in [0.15, 0.2) is 22.7 Å². The summed E-state index contributed by atoms with van der Waals surface area (Å²) >= 11 is 6.68. The summed E-state index contributed by atoms with van der Waals surface area (Å²) in [5.74, 6) is -0.113. The lowest BCUT2D eigenvalue weighted by atomic mass is 10.1. The van der Waals surface area contributed by atoms with Crippen molar-refractivity contribution in [3.8, 4) is 5.75 Å². The number of hydrogen-bond donors (Lipinski definition) is 1. The van der Waals surface area contributed by atoms with Gasteiger partial charge in [0.15, 0.2) is 0 Å². The molecule has 1 aromatic carbocycles. The van der Waals surface area contributed by atoms with Crippen molar-refractivity contribution in [3.63, 3.8) is 0 Å². The Bertz CT molecular complexity index is 421. The Labute approximate surface area is 124 Å². The fraction of sp³-hybridized carbons (Fsp3) is 0.462. The van der Waals surface area contributed by atoms with Crippen molar-refractivity contribution in [2.24, 2.45) is 0 Å². The number of nitrogens with zero attached hydrogens (tertiary/aromatic N) is 1.